The number of nitrogens with zero attached hydrogens (tertiary/aromatic N) is 1. The average molecular weight is 443 g/mol. The summed E-state index contributed by atoms with van der Waals surface area (Å²) in [6.45, 7) is 0. The highest BCUT2D eigenvalue weighted by atomic mass is 35.5. The van der Waals surface area contributed by atoms with Crippen LogP contribution in [-0.2, 0) is 20.0 Å². The lowest BCUT2D eigenvalue weighted by atomic mass is 10.2. The maximum atomic E-state index is 12.3. The molecular formula is C13H12Cl2N2O5S3. The van der Waals surface area contributed by atoms with Gasteiger partial charge < -0.3 is 0 Å². The Morgan fingerprint density at radius 2 is 1.72 bits per heavy atom. The minimum Gasteiger partial charge on any atom is -0.268 e. The van der Waals surface area contributed by atoms with E-state index in [0.29, 0.717) is 0 Å². The third-order valence-corrected chi connectivity index (χ3v) is 8.20. The van der Waals surface area contributed by atoms with Gasteiger partial charge in [-0.1, -0.05) is 23.2 Å². The molecule has 2 aromatic rings. The Kier molecular flexibility index (Phi) is 5.81. The van der Waals surface area contributed by atoms with Crippen LogP contribution in [-0.4, -0.2) is 41.1 Å². The highest BCUT2D eigenvalue weighted by Gasteiger charge is 2.25. The molecule has 0 aliphatic carbocycles. The van der Waals surface area contributed by atoms with Gasteiger partial charge in [-0.25, -0.2) is 25.9 Å². The van der Waals surface area contributed by atoms with E-state index in [-0.39, 0.29) is 24.0 Å². The summed E-state index contributed by atoms with van der Waals surface area (Å²) in [5, 5.41) is -0.0883. The number of hydrogen-bond donors (Lipinski definition) is 1. The predicted octanol–water partition coefficient (Wildman–Crippen LogP) is 2.42. The first kappa shape index (κ1) is 20.1. The molecule has 0 saturated heterocycles. The summed E-state index contributed by atoms with van der Waals surface area (Å²) >= 11 is 12.4. The molecule has 0 bridgehead atoms. The van der Waals surface area contributed by atoms with E-state index in [4.69, 9.17) is 23.2 Å². The van der Waals surface area contributed by atoms with E-state index in [9.17, 15) is 21.6 Å². The largest absolute Gasteiger partial charge is 0.273 e. The fourth-order valence-electron chi connectivity index (χ4n) is 1.72. The number of benzene rings is 1. The number of thiophene rings is 1. The Balaban J connectivity index is 2.40. The highest BCUT2D eigenvalue weighted by molar-refractivity contribution is 7.92. The van der Waals surface area contributed by atoms with Crippen molar-refractivity contribution in [1.29, 1.82) is 0 Å². The van der Waals surface area contributed by atoms with Crippen LogP contribution in [0.5, 0.6) is 0 Å². The molecule has 0 aliphatic rings. The molecule has 1 amide bonds. The van der Waals surface area contributed by atoms with Crippen LogP contribution in [0.4, 0.5) is 0 Å². The van der Waals surface area contributed by atoms with Crippen molar-refractivity contribution in [2.24, 2.45) is 0 Å². The molecule has 0 aliphatic heterocycles. The van der Waals surface area contributed by atoms with Gasteiger partial charge in [-0.15, -0.1) is 11.3 Å². The molecule has 0 saturated carbocycles. The summed E-state index contributed by atoms with van der Waals surface area (Å²) in [5.41, 5.74) is -0.282. The SMILES string of the molecule is CN(C)S(=O)(=O)c1ccc(Cl)c(C(=O)NS(=O)(=O)c2ccc(Cl)s2)c1. The summed E-state index contributed by atoms with van der Waals surface area (Å²) in [4.78, 5) is 12.1. The topological polar surface area (TPSA) is 101 Å². The molecule has 136 valence electrons. The molecule has 2 rings (SSSR count). The molecular weight excluding hydrogens is 431 g/mol. The predicted molar refractivity (Wildman–Crippen MR) is 96.3 cm³/mol. The Labute approximate surface area is 159 Å². The van der Waals surface area contributed by atoms with Gasteiger partial charge in [-0.05, 0) is 30.3 Å². The molecule has 1 N–H and O–H groups in total. The lowest BCUT2D eigenvalue weighted by molar-refractivity contribution is 0.0981. The van der Waals surface area contributed by atoms with Gasteiger partial charge in [0.1, 0.15) is 4.21 Å². The van der Waals surface area contributed by atoms with Crippen molar-refractivity contribution >= 4 is 60.5 Å². The summed E-state index contributed by atoms with van der Waals surface area (Å²) in [7, 11) is -5.31. The Hall–Kier alpha value is -1.17. The molecule has 0 radical (unpaired) electrons. The third kappa shape index (κ3) is 4.33. The monoisotopic (exact) mass is 442 g/mol. The quantitative estimate of drug-likeness (QED) is 0.765. The number of carbonyl (C=O) groups excluding carboxylic acids is 1. The number of carbonyl (C=O) groups is 1. The number of nitrogens with one attached hydrogen (secondary N) is 1. The second-order valence-electron chi connectivity index (χ2n) is 4.92. The van der Waals surface area contributed by atoms with Gasteiger partial charge in [0.2, 0.25) is 10.0 Å². The molecule has 0 fully saturated rings. The maximum absolute atomic E-state index is 12.3. The van der Waals surface area contributed by atoms with Gasteiger partial charge >= 0.3 is 0 Å². The van der Waals surface area contributed by atoms with E-state index >= 15 is 0 Å². The van der Waals surface area contributed by atoms with Gasteiger partial charge in [-0.3, -0.25) is 4.79 Å². The number of sulfonamides is 2. The second-order valence-corrected chi connectivity index (χ2v) is 11.1. The summed E-state index contributed by atoms with van der Waals surface area (Å²) in [6, 6.07) is 6.08. The number of amides is 1. The van der Waals surface area contributed by atoms with Crippen LogP contribution in [0.3, 0.4) is 0 Å². The van der Waals surface area contributed by atoms with Crippen LogP contribution in [0, 0.1) is 0 Å². The van der Waals surface area contributed by atoms with E-state index < -0.39 is 26.0 Å². The maximum Gasteiger partial charge on any atom is 0.273 e. The van der Waals surface area contributed by atoms with Crippen LogP contribution in [0.15, 0.2) is 39.4 Å². The Bertz CT molecular complexity index is 1030. The van der Waals surface area contributed by atoms with Crippen LogP contribution >= 0.6 is 34.5 Å². The summed E-state index contributed by atoms with van der Waals surface area (Å²) in [5.74, 6) is -1.05. The minimum atomic E-state index is -4.15. The summed E-state index contributed by atoms with van der Waals surface area (Å²) < 4.78 is 51.5. The fraction of sp³-hybridized carbons (Fsp3) is 0.154. The number of halogens is 2. The van der Waals surface area contributed by atoms with E-state index in [1.807, 2.05) is 4.72 Å². The van der Waals surface area contributed by atoms with Crippen molar-refractivity contribution in [3.63, 3.8) is 0 Å². The zero-order valence-electron chi connectivity index (χ0n) is 12.9. The van der Waals surface area contributed by atoms with Gasteiger partial charge in [0.25, 0.3) is 15.9 Å². The van der Waals surface area contributed by atoms with Crippen molar-refractivity contribution < 1.29 is 21.6 Å². The molecule has 0 unspecified atom stereocenters. The lowest BCUT2D eigenvalue weighted by Gasteiger charge is -2.13. The van der Waals surface area contributed by atoms with Gasteiger partial charge in [-0.2, -0.15) is 0 Å². The van der Waals surface area contributed by atoms with E-state index in [0.717, 1.165) is 21.7 Å². The summed E-state index contributed by atoms with van der Waals surface area (Å²) in [6.07, 6.45) is 0. The van der Waals surface area contributed by atoms with Crippen LogP contribution < -0.4 is 4.72 Å². The highest BCUT2D eigenvalue weighted by Crippen LogP contribution is 2.26. The van der Waals surface area contributed by atoms with E-state index in [2.05, 4.69) is 0 Å². The van der Waals surface area contributed by atoms with Gasteiger partial charge in [0.05, 0.1) is 19.8 Å². The normalized spacial score (nSPS) is 12.4. The first-order chi connectivity index (χ1) is 11.4. The van der Waals surface area contributed by atoms with E-state index in [1.54, 1.807) is 0 Å². The first-order valence-electron chi connectivity index (χ1n) is 6.50. The molecule has 1 aromatic heterocycles. The van der Waals surface area contributed by atoms with Crippen molar-refractivity contribution in [3.05, 3.63) is 45.3 Å². The number of rotatable bonds is 5. The average Bonchev–Trinajstić information content (AvgIpc) is 2.94. The standard InChI is InChI=1S/C13H12Cl2N2O5S3/c1-17(2)25(21,22)8-3-4-10(14)9(7-8)13(18)16-24(19,20)12-6-5-11(15)23-12/h3-7H,1-2H3,(H,16,18). The molecule has 25 heavy (non-hydrogen) atoms. The van der Waals surface area contributed by atoms with Gasteiger partial charge in [0, 0.05) is 14.1 Å². The smallest absolute Gasteiger partial charge is 0.268 e. The van der Waals surface area contributed by atoms with Crippen LogP contribution in [0.25, 0.3) is 0 Å². The molecule has 0 spiro atoms. The van der Waals surface area contributed by atoms with Crippen molar-refractivity contribution in [2.75, 3.05) is 14.1 Å². The van der Waals surface area contributed by atoms with Crippen molar-refractivity contribution in [1.82, 2.24) is 9.03 Å². The van der Waals surface area contributed by atoms with E-state index in [1.165, 1.54) is 38.4 Å². The Morgan fingerprint density at radius 1 is 1.08 bits per heavy atom. The lowest BCUT2D eigenvalue weighted by Crippen LogP contribution is -2.30. The fourth-order valence-corrected chi connectivity index (χ4v) is 5.30. The van der Waals surface area contributed by atoms with Crippen LogP contribution in [0.1, 0.15) is 10.4 Å². The molecule has 1 heterocycles. The third-order valence-electron chi connectivity index (χ3n) is 3.00. The number of hydrogen-bond acceptors (Lipinski definition) is 6. The van der Waals surface area contributed by atoms with Crippen molar-refractivity contribution in [3.8, 4) is 0 Å². The van der Waals surface area contributed by atoms with Crippen molar-refractivity contribution in [2.45, 2.75) is 9.10 Å². The zero-order valence-corrected chi connectivity index (χ0v) is 16.8. The molecule has 1 aromatic carbocycles. The van der Waals surface area contributed by atoms with Crippen LogP contribution in [0.2, 0.25) is 9.36 Å². The molecule has 12 heteroatoms. The minimum absolute atomic E-state index is 0.0883. The second kappa shape index (κ2) is 7.22. The van der Waals surface area contributed by atoms with Gasteiger partial charge in [0.15, 0.2) is 0 Å². The Morgan fingerprint density at radius 3 is 2.24 bits per heavy atom. The first-order valence-corrected chi connectivity index (χ1v) is 11.0. The zero-order chi connectivity index (χ0) is 19.0. The molecule has 0 atom stereocenters. The molecule has 7 nitrogen and oxygen atoms in total.